The third kappa shape index (κ3) is 6.52. The summed E-state index contributed by atoms with van der Waals surface area (Å²) in [5, 5.41) is 0. The molecule has 0 atom stereocenters. The highest BCUT2D eigenvalue weighted by atomic mass is 15.1. The van der Waals surface area contributed by atoms with Gasteiger partial charge >= 0.3 is 0 Å². The van der Waals surface area contributed by atoms with E-state index in [0.29, 0.717) is 17.1 Å². The number of rotatable bonds is 9. The molecule has 1 nitrogen and oxygen atoms in total. The van der Waals surface area contributed by atoms with Gasteiger partial charge in [-0.3, -0.25) is 0 Å². The molecule has 10 aromatic carbocycles. The zero-order valence-corrected chi connectivity index (χ0v) is 33.5. The Morgan fingerprint density at radius 3 is 1.27 bits per heavy atom. The van der Waals surface area contributed by atoms with Crippen LogP contribution in [0.25, 0.3) is 55.6 Å². The largest absolute Gasteiger partial charge is 0.310 e. The van der Waals surface area contributed by atoms with Crippen molar-refractivity contribution in [3.63, 3.8) is 0 Å². The molecule has 0 heterocycles. The van der Waals surface area contributed by atoms with Gasteiger partial charge in [-0.05, 0) is 126 Å². The summed E-state index contributed by atoms with van der Waals surface area (Å²) in [6, 6.07) is 62.7. The normalized spacial score (nSPS) is 14.6. The highest BCUT2D eigenvalue weighted by molar-refractivity contribution is 5.90. The van der Waals surface area contributed by atoms with Crippen molar-refractivity contribution in [1.82, 2.24) is 0 Å². The lowest BCUT2D eigenvalue weighted by Crippen LogP contribution is -2.28. The summed E-state index contributed by atoms with van der Waals surface area (Å²) in [5.41, 5.74) is 12.5. The van der Waals surface area contributed by atoms with Gasteiger partial charge in [0.1, 0.15) is 0 Å². The van der Waals surface area contributed by atoms with Gasteiger partial charge in [0.25, 0.3) is 0 Å². The molecule has 62 heavy (non-hydrogen) atoms. The van der Waals surface area contributed by atoms with Crippen LogP contribution < -0.4 is 4.90 Å². The number of hydrogen-bond donors (Lipinski definition) is 0. The van der Waals surface area contributed by atoms with Gasteiger partial charge in [-0.25, -0.2) is 0 Å². The average molecular weight is 800 g/mol. The van der Waals surface area contributed by atoms with E-state index in [1.165, 1.54) is 22.8 Å². The first-order chi connectivity index (χ1) is 34.9. The predicted molar refractivity (Wildman–Crippen MR) is 260 cm³/mol. The summed E-state index contributed by atoms with van der Waals surface area (Å²) in [4.78, 5) is 1.96. The molecule has 11 rings (SSSR count). The standard InChI is InChI=1S/C61H43N/c1-6-18-44(19-7-1)47-30-35-54(36-31-47)62(56-41-50(45-20-8-2-9-21-45)40-51(42-56)46-22-10-3-11-23-46)55-37-32-48(33-38-55)49-34-39-58-57-28-16-17-29-59(57)61(60(58)43-49,52-24-12-4-13-25-52)53-26-14-5-15-27-53/h1-43H/i2D,3D,8D,9D,10D,11D,20D,21D,22D,23D. The molecule has 1 aliphatic rings. The molecule has 0 unspecified atom stereocenters. The number of hydrogen-bond acceptors (Lipinski definition) is 1. The van der Waals surface area contributed by atoms with Gasteiger partial charge < -0.3 is 4.90 Å². The Labute approximate surface area is 378 Å². The molecule has 0 fully saturated rings. The van der Waals surface area contributed by atoms with E-state index in [-0.39, 0.29) is 22.3 Å². The van der Waals surface area contributed by atoms with E-state index in [0.717, 1.165) is 38.9 Å². The zero-order chi connectivity index (χ0) is 50.0. The zero-order valence-electron chi connectivity index (χ0n) is 43.5. The van der Waals surface area contributed by atoms with Crippen LogP contribution in [0.2, 0.25) is 0 Å². The molecule has 0 bridgehead atoms. The highest BCUT2D eigenvalue weighted by Crippen LogP contribution is 2.56. The summed E-state index contributed by atoms with van der Waals surface area (Å²) in [5.74, 6) is 0. The number of anilines is 3. The van der Waals surface area contributed by atoms with Crippen LogP contribution in [-0.2, 0) is 5.41 Å². The molecule has 0 amide bonds. The second-order valence-electron chi connectivity index (χ2n) is 15.4. The average Bonchev–Trinajstić information content (AvgIpc) is 3.72. The van der Waals surface area contributed by atoms with Crippen molar-refractivity contribution in [2.75, 3.05) is 4.90 Å². The lowest BCUT2D eigenvalue weighted by molar-refractivity contribution is 0.769. The molecule has 0 N–H and O–H groups in total. The van der Waals surface area contributed by atoms with Crippen molar-refractivity contribution in [3.05, 3.63) is 283 Å². The van der Waals surface area contributed by atoms with Gasteiger partial charge in [-0.1, -0.05) is 212 Å². The quantitative estimate of drug-likeness (QED) is 0.141. The third-order valence-corrected chi connectivity index (χ3v) is 11.9. The second-order valence-corrected chi connectivity index (χ2v) is 15.4. The Bertz CT molecular complexity index is 3550. The van der Waals surface area contributed by atoms with Crippen LogP contribution in [-0.4, -0.2) is 0 Å². The molecule has 0 aliphatic heterocycles. The van der Waals surface area contributed by atoms with Gasteiger partial charge in [0.2, 0.25) is 0 Å². The van der Waals surface area contributed by atoms with Crippen LogP contribution >= 0.6 is 0 Å². The Morgan fingerprint density at radius 1 is 0.290 bits per heavy atom. The fourth-order valence-electron chi connectivity index (χ4n) is 9.13. The summed E-state index contributed by atoms with van der Waals surface area (Å²) < 4.78 is 87.0. The van der Waals surface area contributed by atoms with Gasteiger partial charge in [0, 0.05) is 17.1 Å². The van der Waals surface area contributed by atoms with Crippen molar-refractivity contribution in [2.24, 2.45) is 0 Å². The molecule has 1 aliphatic carbocycles. The van der Waals surface area contributed by atoms with E-state index in [2.05, 4.69) is 103 Å². The molecule has 0 aromatic heterocycles. The summed E-state index contributed by atoms with van der Waals surface area (Å²) in [6.07, 6.45) is 0. The first-order valence-electron chi connectivity index (χ1n) is 25.6. The molecule has 0 radical (unpaired) electrons. The molecule has 0 saturated heterocycles. The maximum Gasteiger partial charge on any atom is 0.0713 e. The van der Waals surface area contributed by atoms with E-state index >= 15 is 0 Å². The maximum absolute atomic E-state index is 9.01. The summed E-state index contributed by atoms with van der Waals surface area (Å²) in [6.45, 7) is 0. The van der Waals surface area contributed by atoms with Crippen LogP contribution in [0.1, 0.15) is 36.0 Å². The van der Waals surface area contributed by atoms with Crippen LogP contribution in [0.3, 0.4) is 0 Å². The van der Waals surface area contributed by atoms with E-state index in [9.17, 15) is 0 Å². The first kappa shape index (κ1) is 27.7. The molecule has 292 valence electrons. The van der Waals surface area contributed by atoms with E-state index < -0.39 is 65.8 Å². The van der Waals surface area contributed by atoms with Crippen LogP contribution in [0, 0.1) is 0 Å². The van der Waals surface area contributed by atoms with Crippen molar-refractivity contribution >= 4 is 17.1 Å². The van der Waals surface area contributed by atoms with Gasteiger partial charge in [0.15, 0.2) is 0 Å². The SMILES string of the molecule is [2H]c1c([2H])c([2H])c(-c2cc(-c3c([2H])c([2H])c([2H])c([2H])c3[2H])cc(N(c3ccc(-c4ccccc4)cc3)c3ccc(-c4ccc5c(c4)C(c4ccccc4)(c4ccccc4)c4ccccc4-5)cc3)c2)c([2H])c1[2H]. The maximum atomic E-state index is 9.01. The fraction of sp³-hybridized carbons (Fsp3) is 0.0164. The first-order valence-corrected chi connectivity index (χ1v) is 20.6. The smallest absolute Gasteiger partial charge is 0.0713 e. The van der Waals surface area contributed by atoms with Crippen LogP contribution in [0.4, 0.5) is 17.1 Å². The summed E-state index contributed by atoms with van der Waals surface area (Å²) in [7, 11) is 0. The van der Waals surface area contributed by atoms with E-state index in [1.807, 2.05) is 83.8 Å². The third-order valence-electron chi connectivity index (χ3n) is 11.9. The molecule has 0 saturated carbocycles. The minimum atomic E-state index is -0.587. The van der Waals surface area contributed by atoms with Crippen molar-refractivity contribution in [2.45, 2.75) is 5.41 Å². The number of fused-ring (bicyclic) bond motifs is 3. The molecule has 10 aromatic rings. The fourth-order valence-corrected chi connectivity index (χ4v) is 9.13. The monoisotopic (exact) mass is 799 g/mol. The van der Waals surface area contributed by atoms with Gasteiger partial charge in [0.05, 0.1) is 19.1 Å². The molecular formula is C61H43N. The highest BCUT2D eigenvalue weighted by Gasteiger charge is 2.46. The van der Waals surface area contributed by atoms with Crippen molar-refractivity contribution in [1.29, 1.82) is 0 Å². The molecular weight excluding hydrogens is 747 g/mol. The Balaban J connectivity index is 1.11. The van der Waals surface area contributed by atoms with Crippen LogP contribution in [0.15, 0.2) is 261 Å². The number of nitrogens with zero attached hydrogens (tertiary/aromatic N) is 1. The van der Waals surface area contributed by atoms with Crippen molar-refractivity contribution < 1.29 is 13.7 Å². The predicted octanol–water partition coefficient (Wildman–Crippen LogP) is 16.2. The Kier molecular flexibility index (Phi) is 7.09. The van der Waals surface area contributed by atoms with E-state index in [4.69, 9.17) is 13.7 Å². The van der Waals surface area contributed by atoms with Crippen LogP contribution in [0.5, 0.6) is 0 Å². The van der Waals surface area contributed by atoms with E-state index in [1.54, 1.807) is 12.1 Å². The molecule has 1 heteroatoms. The molecule has 0 spiro atoms. The van der Waals surface area contributed by atoms with Gasteiger partial charge in [-0.2, -0.15) is 0 Å². The lowest BCUT2D eigenvalue weighted by atomic mass is 9.67. The van der Waals surface area contributed by atoms with Crippen molar-refractivity contribution in [3.8, 4) is 55.6 Å². The second kappa shape index (κ2) is 15.9. The number of benzene rings is 10. The Hall–Kier alpha value is -8.00. The minimum Gasteiger partial charge on any atom is -0.310 e. The Morgan fingerprint density at radius 2 is 0.726 bits per heavy atom. The topological polar surface area (TPSA) is 3.24 Å². The lowest BCUT2D eigenvalue weighted by Gasteiger charge is -2.34. The summed E-state index contributed by atoms with van der Waals surface area (Å²) >= 11 is 0. The van der Waals surface area contributed by atoms with Gasteiger partial charge in [-0.15, -0.1) is 0 Å². The minimum absolute atomic E-state index is 0.0907.